The van der Waals surface area contributed by atoms with Gasteiger partial charge >= 0.3 is 5.97 Å². The van der Waals surface area contributed by atoms with E-state index in [1.807, 2.05) is 6.07 Å². The SMILES string of the molecule is CCOC(=O)C1CCCCN1C(=O)CN1CCC(c2c[nH]c3ccc(OC)cc23)CC1. The summed E-state index contributed by atoms with van der Waals surface area (Å²) in [5.41, 5.74) is 2.46. The molecule has 3 heterocycles. The molecular formula is C24H33N3O4. The van der Waals surface area contributed by atoms with Crippen LogP contribution in [0.4, 0.5) is 0 Å². The van der Waals surface area contributed by atoms with Crippen molar-refractivity contribution in [2.45, 2.75) is 51.0 Å². The molecule has 4 rings (SSSR count). The number of methoxy groups -OCH3 is 1. The molecule has 0 spiro atoms. The van der Waals surface area contributed by atoms with Crippen molar-refractivity contribution in [2.24, 2.45) is 0 Å². The highest BCUT2D eigenvalue weighted by molar-refractivity contribution is 5.86. The van der Waals surface area contributed by atoms with Gasteiger partial charge in [-0.1, -0.05) is 0 Å². The summed E-state index contributed by atoms with van der Waals surface area (Å²) in [6.07, 6.45) is 6.77. The van der Waals surface area contributed by atoms with Crippen molar-refractivity contribution in [1.29, 1.82) is 0 Å². The van der Waals surface area contributed by atoms with Gasteiger partial charge in [-0.15, -0.1) is 0 Å². The first-order chi connectivity index (χ1) is 15.1. The van der Waals surface area contributed by atoms with Crippen molar-refractivity contribution in [3.05, 3.63) is 30.0 Å². The van der Waals surface area contributed by atoms with Crippen LogP contribution in [0.25, 0.3) is 10.9 Å². The molecule has 1 atom stereocenters. The average molecular weight is 428 g/mol. The molecular weight excluding hydrogens is 394 g/mol. The molecule has 0 bridgehead atoms. The van der Waals surface area contributed by atoms with Crippen molar-refractivity contribution >= 4 is 22.8 Å². The van der Waals surface area contributed by atoms with Crippen molar-refractivity contribution < 1.29 is 19.1 Å². The van der Waals surface area contributed by atoms with Crippen LogP contribution in [-0.4, -0.2) is 72.6 Å². The summed E-state index contributed by atoms with van der Waals surface area (Å²) in [4.78, 5) is 32.6. The van der Waals surface area contributed by atoms with Gasteiger partial charge in [0.15, 0.2) is 0 Å². The molecule has 2 aliphatic heterocycles. The first-order valence-corrected chi connectivity index (χ1v) is 11.4. The first-order valence-electron chi connectivity index (χ1n) is 11.4. The zero-order valence-electron chi connectivity index (χ0n) is 18.6. The first kappa shape index (κ1) is 21.7. The lowest BCUT2D eigenvalue weighted by atomic mass is 9.89. The van der Waals surface area contributed by atoms with E-state index in [1.165, 1.54) is 10.9 Å². The number of H-pyrrole nitrogens is 1. The molecule has 2 aliphatic rings. The van der Waals surface area contributed by atoms with E-state index in [1.54, 1.807) is 18.9 Å². The summed E-state index contributed by atoms with van der Waals surface area (Å²) in [7, 11) is 1.69. The van der Waals surface area contributed by atoms with Crippen LogP contribution in [0.5, 0.6) is 5.75 Å². The number of rotatable bonds is 6. The number of aromatic amines is 1. The van der Waals surface area contributed by atoms with Gasteiger partial charge in [-0.2, -0.15) is 0 Å². The molecule has 0 saturated carbocycles. The number of nitrogens with zero attached hydrogens (tertiary/aromatic N) is 2. The molecule has 0 aliphatic carbocycles. The summed E-state index contributed by atoms with van der Waals surface area (Å²) in [6, 6.07) is 5.72. The fourth-order valence-electron chi connectivity index (χ4n) is 4.98. The van der Waals surface area contributed by atoms with Gasteiger partial charge in [-0.05, 0) is 81.8 Å². The number of likely N-dealkylation sites (tertiary alicyclic amines) is 2. The van der Waals surface area contributed by atoms with Crippen LogP contribution >= 0.6 is 0 Å². The molecule has 7 heteroatoms. The van der Waals surface area contributed by atoms with E-state index in [4.69, 9.17) is 9.47 Å². The number of fused-ring (bicyclic) bond motifs is 1. The Bertz CT molecular complexity index is 917. The van der Waals surface area contributed by atoms with Crippen LogP contribution in [0, 0.1) is 0 Å². The minimum absolute atomic E-state index is 0.0491. The molecule has 1 amide bonds. The van der Waals surface area contributed by atoms with E-state index in [-0.39, 0.29) is 11.9 Å². The van der Waals surface area contributed by atoms with Crippen molar-refractivity contribution in [3.63, 3.8) is 0 Å². The zero-order valence-corrected chi connectivity index (χ0v) is 18.6. The predicted octanol–water partition coefficient (Wildman–Crippen LogP) is 3.30. The summed E-state index contributed by atoms with van der Waals surface area (Å²) in [6.45, 7) is 4.95. The second kappa shape index (κ2) is 9.73. The number of hydrogen-bond donors (Lipinski definition) is 1. The highest BCUT2D eigenvalue weighted by Crippen LogP contribution is 2.34. The molecule has 168 valence electrons. The smallest absolute Gasteiger partial charge is 0.328 e. The number of amides is 1. The number of carbonyl (C=O) groups excluding carboxylic acids is 2. The van der Waals surface area contributed by atoms with Crippen molar-refractivity contribution in [1.82, 2.24) is 14.8 Å². The zero-order chi connectivity index (χ0) is 21.8. The molecule has 31 heavy (non-hydrogen) atoms. The Hall–Kier alpha value is -2.54. The minimum atomic E-state index is -0.417. The molecule has 2 fully saturated rings. The molecule has 1 aromatic carbocycles. The molecule has 1 aromatic heterocycles. The lowest BCUT2D eigenvalue weighted by Gasteiger charge is -2.37. The van der Waals surface area contributed by atoms with Gasteiger partial charge in [-0.25, -0.2) is 4.79 Å². The van der Waals surface area contributed by atoms with E-state index >= 15 is 0 Å². The highest BCUT2D eigenvalue weighted by atomic mass is 16.5. The standard InChI is InChI=1S/C24H33N3O4/c1-3-31-24(29)22-6-4-5-11-27(22)23(28)16-26-12-9-17(10-13-26)20-15-25-21-8-7-18(30-2)14-19(20)21/h7-8,14-15,17,22,25H,3-6,9-13,16H2,1-2H3. The van der Waals surface area contributed by atoms with E-state index in [0.29, 0.717) is 32.0 Å². The van der Waals surface area contributed by atoms with Crippen molar-refractivity contribution in [3.8, 4) is 5.75 Å². The number of esters is 1. The Morgan fingerprint density at radius 1 is 1.13 bits per heavy atom. The molecule has 2 saturated heterocycles. The van der Waals surface area contributed by atoms with Gasteiger partial charge in [0.2, 0.25) is 5.91 Å². The number of benzene rings is 1. The third-order valence-corrected chi connectivity index (χ3v) is 6.69. The molecule has 7 nitrogen and oxygen atoms in total. The Labute approximate surface area is 183 Å². The maximum Gasteiger partial charge on any atom is 0.328 e. The minimum Gasteiger partial charge on any atom is -0.497 e. The van der Waals surface area contributed by atoms with Crippen LogP contribution in [0.1, 0.15) is 50.5 Å². The Kier molecular flexibility index (Phi) is 6.80. The third kappa shape index (κ3) is 4.71. The fraction of sp³-hybridized carbons (Fsp3) is 0.583. The number of piperidine rings is 2. The highest BCUT2D eigenvalue weighted by Gasteiger charge is 2.34. The summed E-state index contributed by atoms with van der Waals surface area (Å²) in [5.74, 6) is 1.13. The Morgan fingerprint density at radius 3 is 2.68 bits per heavy atom. The fourth-order valence-corrected chi connectivity index (χ4v) is 4.98. The number of nitrogens with one attached hydrogen (secondary N) is 1. The van der Waals surface area contributed by atoms with Gasteiger partial charge < -0.3 is 19.4 Å². The molecule has 1 unspecified atom stereocenters. The van der Waals surface area contributed by atoms with Gasteiger partial charge in [0.1, 0.15) is 11.8 Å². The summed E-state index contributed by atoms with van der Waals surface area (Å²) >= 11 is 0. The third-order valence-electron chi connectivity index (χ3n) is 6.69. The van der Waals surface area contributed by atoms with E-state index in [9.17, 15) is 9.59 Å². The number of aromatic nitrogens is 1. The maximum absolute atomic E-state index is 13.0. The van der Waals surface area contributed by atoms with Gasteiger partial charge in [-0.3, -0.25) is 9.69 Å². The van der Waals surface area contributed by atoms with Crippen LogP contribution in [0.15, 0.2) is 24.4 Å². The topological polar surface area (TPSA) is 74.9 Å². The maximum atomic E-state index is 13.0. The van der Waals surface area contributed by atoms with Crippen LogP contribution in [0.3, 0.4) is 0 Å². The average Bonchev–Trinajstić information content (AvgIpc) is 3.23. The van der Waals surface area contributed by atoms with E-state index in [0.717, 1.165) is 50.0 Å². The lowest BCUT2D eigenvalue weighted by molar-refractivity contribution is -0.157. The van der Waals surface area contributed by atoms with Crippen LogP contribution in [-0.2, 0) is 14.3 Å². The van der Waals surface area contributed by atoms with Gasteiger partial charge in [0.05, 0.1) is 20.3 Å². The predicted molar refractivity (Wildman–Crippen MR) is 119 cm³/mol. The number of ether oxygens (including phenoxy) is 2. The largest absolute Gasteiger partial charge is 0.497 e. The second-order valence-electron chi connectivity index (χ2n) is 8.56. The summed E-state index contributed by atoms with van der Waals surface area (Å²) < 4.78 is 10.6. The van der Waals surface area contributed by atoms with Crippen LogP contribution in [0.2, 0.25) is 0 Å². The summed E-state index contributed by atoms with van der Waals surface area (Å²) in [5, 5.41) is 1.22. The lowest BCUT2D eigenvalue weighted by Crippen LogP contribution is -2.52. The Morgan fingerprint density at radius 2 is 1.94 bits per heavy atom. The van der Waals surface area contributed by atoms with Gasteiger partial charge in [0.25, 0.3) is 0 Å². The molecule has 0 radical (unpaired) electrons. The van der Waals surface area contributed by atoms with E-state index < -0.39 is 6.04 Å². The molecule has 2 aromatic rings. The van der Waals surface area contributed by atoms with Gasteiger partial charge in [0, 0.05) is 23.6 Å². The second-order valence-corrected chi connectivity index (χ2v) is 8.56. The number of carbonyl (C=O) groups is 2. The molecule has 1 N–H and O–H groups in total. The van der Waals surface area contributed by atoms with Crippen molar-refractivity contribution in [2.75, 3.05) is 39.9 Å². The normalized spacial score (nSPS) is 20.7. The van der Waals surface area contributed by atoms with E-state index in [2.05, 4.69) is 28.2 Å². The van der Waals surface area contributed by atoms with Crippen LogP contribution < -0.4 is 4.74 Å². The number of hydrogen-bond acceptors (Lipinski definition) is 5. The Balaban J connectivity index is 1.36. The quantitative estimate of drug-likeness (QED) is 0.716. The monoisotopic (exact) mass is 427 g/mol.